The van der Waals surface area contributed by atoms with Gasteiger partial charge in [0.05, 0.1) is 6.04 Å². The first kappa shape index (κ1) is 16.2. The Balaban J connectivity index is 2.17. The topological polar surface area (TPSA) is 70.2 Å². The van der Waals surface area contributed by atoms with E-state index in [0.29, 0.717) is 6.54 Å². The lowest BCUT2D eigenvalue weighted by Crippen LogP contribution is -2.48. The van der Waals surface area contributed by atoms with Crippen molar-refractivity contribution in [1.82, 2.24) is 16.0 Å². The molecule has 3 N–H and O–H groups in total. The first-order valence-electron chi connectivity index (χ1n) is 6.99. The lowest BCUT2D eigenvalue weighted by Gasteiger charge is -2.13. The van der Waals surface area contributed by atoms with Crippen molar-refractivity contribution in [3.63, 3.8) is 0 Å². The van der Waals surface area contributed by atoms with Gasteiger partial charge in [0.15, 0.2) is 0 Å². The molecule has 0 fully saturated rings. The van der Waals surface area contributed by atoms with Gasteiger partial charge in [-0.25, -0.2) is 4.79 Å². The Labute approximate surface area is 120 Å². The van der Waals surface area contributed by atoms with Gasteiger partial charge in [-0.05, 0) is 38.8 Å². The second-order valence-corrected chi connectivity index (χ2v) is 4.61. The van der Waals surface area contributed by atoms with E-state index >= 15 is 0 Å². The molecule has 0 aliphatic heterocycles. The zero-order valence-corrected chi connectivity index (χ0v) is 12.1. The molecule has 0 bridgehead atoms. The number of hydrogen-bond acceptors (Lipinski definition) is 3. The molecule has 1 aromatic carbocycles. The molecule has 3 amide bonds. The van der Waals surface area contributed by atoms with Gasteiger partial charge in [0.25, 0.3) is 0 Å². The second-order valence-electron chi connectivity index (χ2n) is 4.61. The fourth-order valence-corrected chi connectivity index (χ4v) is 1.77. The maximum atomic E-state index is 11.7. The maximum Gasteiger partial charge on any atom is 0.321 e. The number of carbonyl (C=O) groups is 2. The van der Waals surface area contributed by atoms with Crippen molar-refractivity contribution >= 4 is 11.9 Å². The number of hydrogen-bond donors (Lipinski definition) is 3. The third-order valence-electron chi connectivity index (χ3n) is 2.90. The smallest absolute Gasteiger partial charge is 0.321 e. The molecule has 0 saturated heterocycles. The lowest BCUT2D eigenvalue weighted by molar-refractivity contribution is -0.121. The fraction of sp³-hybridized carbons (Fsp3) is 0.467. The number of carbonyl (C=O) groups excluding carboxylic acids is 2. The van der Waals surface area contributed by atoms with Gasteiger partial charge in [0, 0.05) is 6.54 Å². The molecule has 0 radical (unpaired) electrons. The van der Waals surface area contributed by atoms with Gasteiger partial charge in [0.2, 0.25) is 5.91 Å². The molecular formula is C15H23N3O2. The number of nitrogens with one attached hydrogen (secondary N) is 3. The van der Waals surface area contributed by atoms with E-state index in [9.17, 15) is 9.59 Å². The average molecular weight is 277 g/mol. The third-order valence-corrected chi connectivity index (χ3v) is 2.90. The standard InChI is InChI=1S/C15H23N3O2/c1-3-16-15(20)18-14(19)12(2)17-11-7-10-13-8-5-4-6-9-13/h4-6,8-9,12,17H,3,7,10-11H2,1-2H3,(H2,16,18,19,20). The van der Waals surface area contributed by atoms with Crippen molar-refractivity contribution in [1.29, 1.82) is 0 Å². The van der Waals surface area contributed by atoms with Crippen LogP contribution in [0.1, 0.15) is 25.8 Å². The molecule has 0 aromatic heterocycles. The molecule has 5 nitrogen and oxygen atoms in total. The molecule has 1 aromatic rings. The molecule has 110 valence electrons. The Morgan fingerprint density at radius 1 is 1.20 bits per heavy atom. The summed E-state index contributed by atoms with van der Waals surface area (Å²) in [7, 11) is 0. The Morgan fingerprint density at radius 3 is 2.55 bits per heavy atom. The van der Waals surface area contributed by atoms with Gasteiger partial charge in [-0.3, -0.25) is 10.1 Å². The van der Waals surface area contributed by atoms with Gasteiger partial charge in [-0.2, -0.15) is 0 Å². The Morgan fingerprint density at radius 2 is 1.90 bits per heavy atom. The summed E-state index contributed by atoms with van der Waals surface area (Å²) in [6.07, 6.45) is 1.92. The zero-order valence-electron chi connectivity index (χ0n) is 12.1. The summed E-state index contributed by atoms with van der Waals surface area (Å²) in [5, 5.41) is 7.92. The van der Waals surface area contributed by atoms with Crippen LogP contribution in [0, 0.1) is 0 Å². The van der Waals surface area contributed by atoms with Crippen molar-refractivity contribution in [3.8, 4) is 0 Å². The molecule has 1 atom stereocenters. The van der Waals surface area contributed by atoms with Crippen LogP contribution < -0.4 is 16.0 Å². The minimum Gasteiger partial charge on any atom is -0.338 e. The Kier molecular flexibility index (Phi) is 7.35. The van der Waals surface area contributed by atoms with Crippen LogP contribution in [0.4, 0.5) is 4.79 Å². The summed E-state index contributed by atoms with van der Waals surface area (Å²) < 4.78 is 0. The molecule has 20 heavy (non-hydrogen) atoms. The van der Waals surface area contributed by atoms with Crippen LogP contribution in [0.2, 0.25) is 0 Å². The first-order valence-corrected chi connectivity index (χ1v) is 6.99. The minimum atomic E-state index is -0.449. The van der Waals surface area contributed by atoms with E-state index in [1.54, 1.807) is 13.8 Å². The van der Waals surface area contributed by atoms with Crippen molar-refractivity contribution in [2.75, 3.05) is 13.1 Å². The summed E-state index contributed by atoms with van der Waals surface area (Å²) >= 11 is 0. The summed E-state index contributed by atoms with van der Waals surface area (Å²) in [5.74, 6) is -0.310. The second kappa shape index (κ2) is 9.09. The van der Waals surface area contributed by atoms with Crippen LogP contribution in [0.25, 0.3) is 0 Å². The number of rotatable bonds is 7. The predicted molar refractivity (Wildman–Crippen MR) is 79.4 cm³/mol. The van der Waals surface area contributed by atoms with E-state index in [4.69, 9.17) is 0 Å². The maximum absolute atomic E-state index is 11.7. The highest BCUT2D eigenvalue weighted by atomic mass is 16.2. The number of imide groups is 1. The largest absolute Gasteiger partial charge is 0.338 e. The van der Waals surface area contributed by atoms with E-state index < -0.39 is 6.03 Å². The van der Waals surface area contributed by atoms with Gasteiger partial charge in [-0.15, -0.1) is 0 Å². The van der Waals surface area contributed by atoms with Crippen molar-refractivity contribution in [2.24, 2.45) is 0 Å². The number of aryl methyl sites for hydroxylation is 1. The van der Waals surface area contributed by atoms with E-state index in [0.717, 1.165) is 19.4 Å². The summed E-state index contributed by atoms with van der Waals surface area (Å²) in [6, 6.07) is 9.38. The monoisotopic (exact) mass is 277 g/mol. The van der Waals surface area contributed by atoms with Crippen LogP contribution in [-0.4, -0.2) is 31.1 Å². The van der Waals surface area contributed by atoms with Crippen molar-refractivity contribution in [2.45, 2.75) is 32.7 Å². The van der Waals surface area contributed by atoms with Gasteiger partial charge in [0.1, 0.15) is 0 Å². The molecule has 1 rings (SSSR count). The third kappa shape index (κ3) is 6.33. The van der Waals surface area contributed by atoms with Crippen molar-refractivity contribution < 1.29 is 9.59 Å². The van der Waals surface area contributed by atoms with Crippen LogP contribution in [0.5, 0.6) is 0 Å². The quantitative estimate of drug-likeness (QED) is 0.661. The SMILES string of the molecule is CCNC(=O)NC(=O)C(C)NCCCc1ccccc1. The molecule has 5 heteroatoms. The highest BCUT2D eigenvalue weighted by Gasteiger charge is 2.14. The van der Waals surface area contributed by atoms with Crippen LogP contribution in [-0.2, 0) is 11.2 Å². The average Bonchev–Trinajstić information content (AvgIpc) is 2.44. The fourth-order valence-electron chi connectivity index (χ4n) is 1.77. The van der Waals surface area contributed by atoms with Crippen LogP contribution in [0.3, 0.4) is 0 Å². The Bertz CT molecular complexity index is 420. The van der Waals surface area contributed by atoms with Gasteiger partial charge >= 0.3 is 6.03 Å². The number of amides is 3. The van der Waals surface area contributed by atoms with Gasteiger partial charge < -0.3 is 10.6 Å². The highest BCUT2D eigenvalue weighted by molar-refractivity contribution is 5.96. The van der Waals surface area contributed by atoms with E-state index in [2.05, 4.69) is 28.1 Å². The molecule has 1 unspecified atom stereocenters. The molecule has 0 aliphatic rings. The minimum absolute atomic E-state index is 0.310. The van der Waals surface area contributed by atoms with E-state index in [-0.39, 0.29) is 11.9 Å². The number of urea groups is 1. The summed E-state index contributed by atoms with van der Waals surface area (Å²) in [4.78, 5) is 22.9. The molecule has 0 aliphatic carbocycles. The van der Waals surface area contributed by atoms with Crippen LogP contribution >= 0.6 is 0 Å². The van der Waals surface area contributed by atoms with E-state index in [1.165, 1.54) is 5.56 Å². The predicted octanol–water partition coefficient (Wildman–Crippen LogP) is 1.44. The Hall–Kier alpha value is -1.88. The molecule has 0 heterocycles. The molecular weight excluding hydrogens is 254 g/mol. The summed E-state index contributed by atoms with van der Waals surface area (Å²) in [5.41, 5.74) is 1.29. The van der Waals surface area contributed by atoms with Crippen molar-refractivity contribution in [3.05, 3.63) is 35.9 Å². The lowest BCUT2D eigenvalue weighted by atomic mass is 10.1. The van der Waals surface area contributed by atoms with E-state index in [1.807, 2.05) is 18.2 Å². The molecule has 0 saturated carbocycles. The first-order chi connectivity index (χ1) is 9.63. The van der Waals surface area contributed by atoms with Gasteiger partial charge in [-0.1, -0.05) is 30.3 Å². The number of benzene rings is 1. The van der Waals surface area contributed by atoms with Crippen LogP contribution in [0.15, 0.2) is 30.3 Å². The zero-order chi connectivity index (χ0) is 14.8. The highest BCUT2D eigenvalue weighted by Crippen LogP contribution is 2.01. The summed E-state index contributed by atoms with van der Waals surface area (Å²) in [6.45, 7) is 4.78. The normalized spacial score (nSPS) is 11.7. The molecule has 0 spiro atoms.